The molecule has 1 aliphatic carbocycles. The summed E-state index contributed by atoms with van der Waals surface area (Å²) in [7, 11) is 0. The van der Waals surface area contributed by atoms with Crippen LogP contribution in [0, 0.1) is 24.2 Å². The molecular weight excluding hydrogens is 240 g/mol. The molecular formula is C20H28. The Labute approximate surface area is 125 Å². The number of hydrogen-bond acceptors (Lipinski definition) is 0. The maximum Gasteiger partial charge on any atom is 0.0242 e. The van der Waals surface area contributed by atoms with Gasteiger partial charge in [0.25, 0.3) is 0 Å². The van der Waals surface area contributed by atoms with Gasteiger partial charge in [0.2, 0.25) is 0 Å². The molecule has 0 aliphatic heterocycles. The molecule has 108 valence electrons. The second-order valence-electron chi connectivity index (χ2n) is 6.41. The molecule has 0 spiro atoms. The highest BCUT2D eigenvalue weighted by Gasteiger charge is 2.20. The molecule has 1 fully saturated rings. The van der Waals surface area contributed by atoms with Gasteiger partial charge in [0, 0.05) is 5.56 Å². The van der Waals surface area contributed by atoms with Crippen LogP contribution in [0.2, 0.25) is 0 Å². The van der Waals surface area contributed by atoms with E-state index in [1.165, 1.54) is 63.4 Å². The van der Waals surface area contributed by atoms with E-state index in [-0.39, 0.29) is 0 Å². The van der Waals surface area contributed by atoms with Crippen molar-refractivity contribution in [3.63, 3.8) is 0 Å². The summed E-state index contributed by atoms with van der Waals surface area (Å²) >= 11 is 0. The Morgan fingerprint density at radius 1 is 1.00 bits per heavy atom. The summed E-state index contributed by atoms with van der Waals surface area (Å²) in [6.45, 7) is 2.30. The quantitative estimate of drug-likeness (QED) is 0.589. The molecule has 1 saturated carbocycles. The molecule has 0 amide bonds. The standard InChI is InChI=1S/C20H28/c1-3-5-6-18-11-13-20(14-12-18)16-15-19-9-7-17(4-2)8-10-19/h2,7-10,18,20H,3,5-6,11-16H2,1H3. The fourth-order valence-corrected chi connectivity index (χ4v) is 3.44. The van der Waals surface area contributed by atoms with Gasteiger partial charge in [0.05, 0.1) is 0 Å². The predicted molar refractivity (Wildman–Crippen MR) is 87.7 cm³/mol. The van der Waals surface area contributed by atoms with Crippen LogP contribution in [0.1, 0.15) is 69.4 Å². The smallest absolute Gasteiger partial charge is 0.0242 e. The van der Waals surface area contributed by atoms with Gasteiger partial charge in [-0.3, -0.25) is 0 Å². The van der Waals surface area contributed by atoms with Crippen LogP contribution in [-0.2, 0) is 6.42 Å². The second-order valence-corrected chi connectivity index (χ2v) is 6.41. The molecule has 0 N–H and O–H groups in total. The number of unbranched alkanes of at least 4 members (excludes halogenated alkanes) is 1. The molecule has 2 rings (SSSR count). The van der Waals surface area contributed by atoms with E-state index in [0.717, 1.165) is 17.4 Å². The van der Waals surface area contributed by atoms with Gasteiger partial charge in [-0.05, 0) is 42.4 Å². The van der Waals surface area contributed by atoms with E-state index in [4.69, 9.17) is 6.42 Å². The summed E-state index contributed by atoms with van der Waals surface area (Å²) in [5, 5.41) is 0. The van der Waals surface area contributed by atoms with Crippen molar-refractivity contribution in [1.29, 1.82) is 0 Å². The summed E-state index contributed by atoms with van der Waals surface area (Å²) < 4.78 is 0. The first-order valence-corrected chi connectivity index (χ1v) is 8.37. The predicted octanol–water partition coefficient (Wildman–Crippen LogP) is 5.60. The SMILES string of the molecule is C#Cc1ccc(CCC2CCC(CCCC)CC2)cc1. The largest absolute Gasteiger partial charge is 0.115 e. The van der Waals surface area contributed by atoms with Crippen molar-refractivity contribution in [3.8, 4) is 12.3 Å². The van der Waals surface area contributed by atoms with E-state index in [1.807, 2.05) is 0 Å². The molecule has 1 aromatic rings. The third-order valence-corrected chi connectivity index (χ3v) is 4.89. The van der Waals surface area contributed by atoms with E-state index in [2.05, 4.69) is 37.1 Å². The van der Waals surface area contributed by atoms with Crippen LogP contribution < -0.4 is 0 Å². The Hall–Kier alpha value is -1.22. The maximum absolute atomic E-state index is 5.39. The summed E-state index contributed by atoms with van der Waals surface area (Å²) in [6.07, 6.45) is 18.1. The Bertz CT molecular complexity index is 412. The van der Waals surface area contributed by atoms with Gasteiger partial charge in [-0.15, -0.1) is 6.42 Å². The van der Waals surface area contributed by atoms with Gasteiger partial charge in [0.1, 0.15) is 0 Å². The second kappa shape index (κ2) is 8.15. The summed E-state index contributed by atoms with van der Waals surface area (Å²) in [6, 6.07) is 8.53. The molecule has 0 nitrogen and oxygen atoms in total. The molecule has 0 bridgehead atoms. The van der Waals surface area contributed by atoms with Crippen LogP contribution in [0.15, 0.2) is 24.3 Å². The van der Waals surface area contributed by atoms with Gasteiger partial charge in [-0.2, -0.15) is 0 Å². The minimum Gasteiger partial charge on any atom is -0.115 e. The molecule has 0 heterocycles. The molecule has 20 heavy (non-hydrogen) atoms. The van der Waals surface area contributed by atoms with E-state index in [9.17, 15) is 0 Å². The number of hydrogen-bond donors (Lipinski definition) is 0. The summed E-state index contributed by atoms with van der Waals surface area (Å²) in [5.74, 6) is 4.67. The molecule has 0 saturated heterocycles. The lowest BCUT2D eigenvalue weighted by molar-refractivity contribution is 0.250. The fraction of sp³-hybridized carbons (Fsp3) is 0.600. The Balaban J connectivity index is 1.69. The first kappa shape index (κ1) is 15.2. The van der Waals surface area contributed by atoms with E-state index in [0.29, 0.717) is 0 Å². The van der Waals surface area contributed by atoms with Crippen molar-refractivity contribution >= 4 is 0 Å². The van der Waals surface area contributed by atoms with Crippen molar-refractivity contribution in [1.82, 2.24) is 0 Å². The molecule has 0 atom stereocenters. The zero-order valence-corrected chi connectivity index (χ0v) is 12.9. The maximum atomic E-state index is 5.39. The zero-order valence-electron chi connectivity index (χ0n) is 12.9. The Morgan fingerprint density at radius 3 is 2.15 bits per heavy atom. The number of terminal acetylenes is 1. The van der Waals surface area contributed by atoms with Crippen molar-refractivity contribution in [3.05, 3.63) is 35.4 Å². The van der Waals surface area contributed by atoms with Crippen molar-refractivity contribution < 1.29 is 0 Å². The lowest BCUT2D eigenvalue weighted by Gasteiger charge is -2.28. The Morgan fingerprint density at radius 2 is 1.60 bits per heavy atom. The van der Waals surface area contributed by atoms with Crippen LogP contribution in [0.25, 0.3) is 0 Å². The summed E-state index contributed by atoms with van der Waals surface area (Å²) in [5.41, 5.74) is 2.43. The first-order valence-electron chi connectivity index (χ1n) is 8.37. The van der Waals surface area contributed by atoms with Crippen LogP contribution in [0.3, 0.4) is 0 Å². The van der Waals surface area contributed by atoms with Crippen molar-refractivity contribution in [2.75, 3.05) is 0 Å². The monoisotopic (exact) mass is 268 g/mol. The summed E-state index contributed by atoms with van der Waals surface area (Å²) in [4.78, 5) is 0. The average molecular weight is 268 g/mol. The minimum absolute atomic E-state index is 0.959. The van der Waals surface area contributed by atoms with E-state index >= 15 is 0 Å². The number of benzene rings is 1. The van der Waals surface area contributed by atoms with Crippen LogP contribution in [-0.4, -0.2) is 0 Å². The zero-order chi connectivity index (χ0) is 14.2. The van der Waals surface area contributed by atoms with Gasteiger partial charge in [0.15, 0.2) is 0 Å². The normalized spacial score (nSPS) is 22.4. The van der Waals surface area contributed by atoms with Gasteiger partial charge < -0.3 is 0 Å². The van der Waals surface area contributed by atoms with E-state index in [1.54, 1.807) is 0 Å². The van der Waals surface area contributed by atoms with Gasteiger partial charge >= 0.3 is 0 Å². The average Bonchev–Trinajstić information content (AvgIpc) is 2.52. The lowest BCUT2D eigenvalue weighted by Crippen LogP contribution is -2.15. The fourth-order valence-electron chi connectivity index (χ4n) is 3.44. The van der Waals surface area contributed by atoms with Crippen molar-refractivity contribution in [2.24, 2.45) is 11.8 Å². The Kier molecular flexibility index (Phi) is 6.19. The number of rotatable bonds is 6. The van der Waals surface area contributed by atoms with Crippen LogP contribution in [0.5, 0.6) is 0 Å². The molecule has 1 aliphatic rings. The molecule has 0 aromatic heterocycles. The minimum atomic E-state index is 0.959. The molecule has 0 unspecified atom stereocenters. The lowest BCUT2D eigenvalue weighted by atomic mass is 9.78. The van der Waals surface area contributed by atoms with Gasteiger partial charge in [-0.25, -0.2) is 0 Å². The topological polar surface area (TPSA) is 0 Å². The molecule has 0 heteroatoms. The third kappa shape index (κ3) is 4.71. The molecule has 0 radical (unpaired) electrons. The van der Waals surface area contributed by atoms with Crippen molar-refractivity contribution in [2.45, 2.75) is 64.7 Å². The highest BCUT2D eigenvalue weighted by atomic mass is 14.3. The van der Waals surface area contributed by atoms with Gasteiger partial charge in [-0.1, -0.05) is 69.9 Å². The van der Waals surface area contributed by atoms with Crippen LogP contribution >= 0.6 is 0 Å². The highest BCUT2D eigenvalue weighted by Crippen LogP contribution is 2.34. The van der Waals surface area contributed by atoms with Crippen LogP contribution in [0.4, 0.5) is 0 Å². The number of aryl methyl sites for hydroxylation is 1. The first-order chi connectivity index (χ1) is 9.81. The highest BCUT2D eigenvalue weighted by molar-refractivity contribution is 5.34. The molecule has 1 aromatic carbocycles. The van der Waals surface area contributed by atoms with E-state index < -0.39 is 0 Å². The third-order valence-electron chi connectivity index (χ3n) is 4.89.